The maximum Gasteiger partial charge on any atom is 0.407 e. The molecule has 1 aromatic carbocycles. The lowest BCUT2D eigenvalue weighted by atomic mass is 9.73. The number of thiazole rings is 1. The minimum Gasteiger partial charge on any atom is -0.481 e. The number of carboxylic acid groups (broad SMARTS) is 1. The van der Waals surface area contributed by atoms with Gasteiger partial charge in [0.15, 0.2) is 6.10 Å². The molecule has 316 valence electrons. The fourth-order valence-corrected chi connectivity index (χ4v) is 9.26. The van der Waals surface area contributed by atoms with Crippen LogP contribution in [0.15, 0.2) is 29.6 Å². The number of nitrogens with zero attached hydrogens (tertiary/aromatic N) is 3. The number of aromatic nitrogens is 1. The number of rotatable bonds is 19. The van der Waals surface area contributed by atoms with E-state index < -0.39 is 53.7 Å². The number of nitrogens with two attached hydrogens (primary N) is 1. The number of hydrogen-bond donors (Lipinski definition) is 5. The Hall–Kier alpha value is -4.24. The first-order valence-corrected chi connectivity index (χ1v) is 21.5. The summed E-state index contributed by atoms with van der Waals surface area (Å²) in [5.41, 5.74) is 6.82. The molecule has 6 atom stereocenters. The molecule has 0 radical (unpaired) electrons. The van der Waals surface area contributed by atoms with Crippen molar-refractivity contribution in [3.63, 3.8) is 0 Å². The van der Waals surface area contributed by atoms with Crippen LogP contribution in [0.25, 0.3) is 0 Å². The van der Waals surface area contributed by atoms with E-state index in [0.717, 1.165) is 44.1 Å². The van der Waals surface area contributed by atoms with Crippen LogP contribution in [0.4, 0.5) is 10.5 Å². The molecule has 2 fully saturated rings. The minimum atomic E-state index is -0.965. The van der Waals surface area contributed by atoms with Crippen LogP contribution in [0.1, 0.15) is 126 Å². The van der Waals surface area contributed by atoms with Gasteiger partial charge in [0.1, 0.15) is 22.3 Å². The highest BCUT2D eigenvalue weighted by molar-refractivity contribution is 7.09. The smallest absolute Gasteiger partial charge is 0.407 e. The van der Waals surface area contributed by atoms with Crippen molar-refractivity contribution in [2.75, 3.05) is 26.4 Å². The first kappa shape index (κ1) is 45.5. The highest BCUT2D eigenvalue weighted by atomic mass is 32.1. The Morgan fingerprint density at radius 1 is 1.04 bits per heavy atom. The molecule has 57 heavy (non-hydrogen) atoms. The average molecular weight is 812 g/mol. The molecule has 6 N–H and O–H groups in total. The number of nitrogens with one attached hydrogen (secondary N) is 3. The van der Waals surface area contributed by atoms with E-state index in [-0.39, 0.29) is 42.2 Å². The third-order valence-electron chi connectivity index (χ3n) is 12.2. The largest absolute Gasteiger partial charge is 0.481 e. The SMILES string of the molecule is CCNC(=O)O[C@H](C[C@H](C(C)C)N(C)C(=O)[C@@H](NC(=O)C12CCCC(CCC1)N2C)[C@@H](C)CC)c1nc(C(=O)N[C@@H](Cc2ccc(N)cc2)C[C@H](C)C(=O)O)cs1. The number of ether oxygens (including phenoxy) is 1. The number of hydrogen-bond acceptors (Lipinski definition) is 10. The zero-order valence-electron chi connectivity index (χ0n) is 35.0. The summed E-state index contributed by atoms with van der Waals surface area (Å²) >= 11 is 1.17. The zero-order chi connectivity index (χ0) is 42.0. The average Bonchev–Trinajstić information content (AvgIpc) is 3.66. The van der Waals surface area contributed by atoms with E-state index in [0.29, 0.717) is 36.1 Å². The van der Waals surface area contributed by atoms with Crippen LogP contribution >= 0.6 is 11.3 Å². The van der Waals surface area contributed by atoms with Gasteiger partial charge in [0, 0.05) is 49.2 Å². The molecule has 0 spiro atoms. The lowest BCUT2D eigenvalue weighted by molar-refractivity contribution is -0.148. The van der Waals surface area contributed by atoms with Crippen molar-refractivity contribution in [3.8, 4) is 0 Å². The van der Waals surface area contributed by atoms with Gasteiger partial charge in [-0.3, -0.25) is 24.1 Å². The van der Waals surface area contributed by atoms with Crippen molar-refractivity contribution >= 4 is 46.8 Å². The Morgan fingerprint density at radius 3 is 2.26 bits per heavy atom. The second-order valence-corrected chi connectivity index (χ2v) is 17.4. The molecule has 2 aromatic rings. The second kappa shape index (κ2) is 20.4. The zero-order valence-corrected chi connectivity index (χ0v) is 35.8. The molecule has 14 nitrogen and oxygen atoms in total. The van der Waals surface area contributed by atoms with Gasteiger partial charge in [0.25, 0.3) is 5.91 Å². The third-order valence-corrected chi connectivity index (χ3v) is 13.1. The predicted octanol–water partition coefficient (Wildman–Crippen LogP) is 5.78. The number of nitrogen functional groups attached to an aromatic ring is 1. The number of carbonyl (C=O) groups excluding carboxylic acids is 4. The van der Waals surface area contributed by atoms with Crippen LogP contribution in [0.3, 0.4) is 0 Å². The van der Waals surface area contributed by atoms with E-state index in [2.05, 4.69) is 25.8 Å². The molecule has 1 aromatic heterocycles. The van der Waals surface area contributed by atoms with Crippen molar-refractivity contribution in [1.82, 2.24) is 30.7 Å². The Balaban J connectivity index is 1.56. The molecular formula is C42H65N7O7S. The number of carboxylic acids is 1. The summed E-state index contributed by atoms with van der Waals surface area (Å²) in [4.78, 5) is 75.6. The molecule has 3 heterocycles. The number of fused-ring (bicyclic) bond motifs is 2. The molecule has 0 unspecified atom stereocenters. The van der Waals surface area contributed by atoms with Gasteiger partial charge >= 0.3 is 12.1 Å². The molecular weight excluding hydrogens is 747 g/mol. The number of carbonyl (C=O) groups is 5. The maximum atomic E-state index is 14.5. The molecule has 15 heteroatoms. The van der Waals surface area contributed by atoms with Crippen molar-refractivity contribution in [1.29, 1.82) is 0 Å². The van der Waals surface area contributed by atoms with Gasteiger partial charge in [-0.1, -0.05) is 53.2 Å². The molecule has 4 rings (SSSR count). The van der Waals surface area contributed by atoms with Gasteiger partial charge in [0.05, 0.1) is 5.92 Å². The molecule has 2 aliphatic heterocycles. The Morgan fingerprint density at radius 2 is 1.68 bits per heavy atom. The van der Waals surface area contributed by atoms with Crippen LogP contribution in [-0.2, 0) is 25.5 Å². The van der Waals surface area contributed by atoms with Crippen LogP contribution in [-0.4, -0.2) is 100 Å². The molecule has 2 aliphatic rings. The Bertz CT molecular complexity index is 1670. The lowest BCUT2D eigenvalue weighted by Gasteiger charge is -2.52. The summed E-state index contributed by atoms with van der Waals surface area (Å²) < 4.78 is 5.94. The van der Waals surface area contributed by atoms with Crippen LogP contribution in [0.5, 0.6) is 0 Å². The highest BCUT2D eigenvalue weighted by Gasteiger charge is 2.50. The molecule has 0 aliphatic carbocycles. The first-order valence-electron chi connectivity index (χ1n) is 20.6. The Kier molecular flexibility index (Phi) is 16.3. The summed E-state index contributed by atoms with van der Waals surface area (Å²) in [7, 11) is 3.78. The minimum absolute atomic E-state index is 0.0807. The van der Waals surface area contributed by atoms with Gasteiger partial charge in [-0.05, 0) is 94.9 Å². The number of benzene rings is 1. The number of amides is 4. The van der Waals surface area contributed by atoms with Gasteiger partial charge in [-0.2, -0.15) is 0 Å². The van der Waals surface area contributed by atoms with E-state index in [4.69, 9.17) is 10.5 Å². The van der Waals surface area contributed by atoms with Crippen molar-refractivity contribution in [3.05, 3.63) is 45.9 Å². The summed E-state index contributed by atoms with van der Waals surface area (Å²) in [6.07, 6.45) is 5.58. The first-order chi connectivity index (χ1) is 27.0. The van der Waals surface area contributed by atoms with E-state index in [9.17, 15) is 29.1 Å². The number of anilines is 1. The number of alkyl carbamates (subject to hydrolysis) is 1. The summed E-state index contributed by atoms with van der Waals surface area (Å²) in [6.45, 7) is 11.7. The summed E-state index contributed by atoms with van der Waals surface area (Å²) in [6, 6.07) is 5.88. The molecule has 4 amide bonds. The number of piperidine rings is 2. The fraction of sp³-hybridized carbons (Fsp3) is 0.667. The van der Waals surface area contributed by atoms with E-state index in [1.807, 2.05) is 46.9 Å². The summed E-state index contributed by atoms with van der Waals surface area (Å²) in [5, 5.41) is 20.5. The van der Waals surface area contributed by atoms with Gasteiger partial charge in [-0.15, -0.1) is 11.3 Å². The van der Waals surface area contributed by atoms with E-state index in [1.54, 1.807) is 43.3 Å². The third kappa shape index (κ3) is 11.5. The van der Waals surface area contributed by atoms with Crippen LogP contribution in [0, 0.1) is 17.8 Å². The monoisotopic (exact) mass is 811 g/mol. The van der Waals surface area contributed by atoms with Crippen molar-refractivity contribution in [2.24, 2.45) is 17.8 Å². The van der Waals surface area contributed by atoms with Crippen molar-refractivity contribution in [2.45, 2.75) is 142 Å². The van der Waals surface area contributed by atoms with Gasteiger partial charge < -0.3 is 36.4 Å². The second-order valence-electron chi connectivity index (χ2n) is 16.5. The molecule has 2 saturated heterocycles. The van der Waals surface area contributed by atoms with Gasteiger partial charge in [-0.25, -0.2) is 9.78 Å². The highest BCUT2D eigenvalue weighted by Crippen LogP contribution is 2.41. The molecule has 2 bridgehead atoms. The molecule has 0 saturated carbocycles. The van der Waals surface area contributed by atoms with Crippen molar-refractivity contribution < 1.29 is 33.8 Å². The van der Waals surface area contributed by atoms with E-state index >= 15 is 0 Å². The van der Waals surface area contributed by atoms with E-state index in [1.165, 1.54) is 11.3 Å². The topological polar surface area (TPSA) is 196 Å². The number of likely N-dealkylation sites (N-methyl/N-ethyl adjacent to an activating group) is 2. The lowest BCUT2D eigenvalue weighted by Crippen LogP contribution is -2.67. The van der Waals surface area contributed by atoms with Crippen LogP contribution in [0.2, 0.25) is 0 Å². The van der Waals surface area contributed by atoms with Crippen LogP contribution < -0.4 is 21.7 Å². The fourth-order valence-electron chi connectivity index (χ4n) is 8.42. The normalized spacial score (nSPS) is 21.3. The quantitative estimate of drug-likeness (QED) is 0.109. The number of aliphatic carboxylic acids is 1. The summed E-state index contributed by atoms with van der Waals surface area (Å²) in [5.74, 6) is -2.67. The predicted molar refractivity (Wildman–Crippen MR) is 222 cm³/mol. The van der Waals surface area contributed by atoms with Gasteiger partial charge in [0.2, 0.25) is 11.8 Å². The Labute approximate surface area is 342 Å². The maximum absolute atomic E-state index is 14.5. The standard InChI is InChI=1S/C42H65N7O7S/c1-9-26(5)35(47-40(54)42-19-11-13-31(49(42)8)14-12-20-42)38(51)48(7)33(25(3)4)23-34(56-41(55)44-10-2)37-46-32(24-57-37)36(50)45-30(21-27(6)39(52)53)22-28-15-17-29(43)18-16-28/h15-18,24-27,30-31,33-35H,9-14,19-23,43H2,1-8H3,(H,44,55)(H,45,50)(H,47,54)(H,52,53)/t26-,27-,30+,31?,33+,34+,35-,42?/m0/s1.